The molecule has 0 radical (unpaired) electrons. The summed E-state index contributed by atoms with van der Waals surface area (Å²) < 4.78 is 38.4. The lowest BCUT2D eigenvalue weighted by atomic mass is 9.88. The van der Waals surface area contributed by atoms with Crippen molar-refractivity contribution < 1.29 is 13.2 Å². The molecular weight excluding hydrogens is 328 g/mol. The van der Waals surface area contributed by atoms with Gasteiger partial charge in [0.25, 0.3) is 0 Å². The summed E-state index contributed by atoms with van der Waals surface area (Å²) in [6, 6.07) is 4.22. The summed E-state index contributed by atoms with van der Waals surface area (Å²) in [7, 11) is 0. The minimum Gasteiger partial charge on any atom is -0.166 e. The van der Waals surface area contributed by atoms with Gasteiger partial charge in [-0.3, -0.25) is 0 Å². The predicted octanol–water partition coefficient (Wildman–Crippen LogP) is 4.90. The summed E-state index contributed by atoms with van der Waals surface area (Å²) in [4.78, 5) is 0. The fraction of sp³-hybridized carbons (Fsp3) is 0.500. The normalized spacial score (nSPS) is 12.9. The second-order valence-corrected chi connectivity index (χ2v) is 6.33. The van der Waals surface area contributed by atoms with Crippen LogP contribution in [-0.4, -0.2) is 0 Å². The monoisotopic (exact) mass is 342 g/mol. The van der Waals surface area contributed by atoms with Crippen LogP contribution in [-0.2, 0) is 12.6 Å². The van der Waals surface area contributed by atoms with Crippen molar-refractivity contribution in [2.45, 2.75) is 33.4 Å². The zero-order valence-corrected chi connectivity index (χ0v) is 11.6. The fourth-order valence-electron chi connectivity index (χ4n) is 1.53. The number of hydrogen-bond donors (Lipinski definition) is 0. The topological polar surface area (TPSA) is 0 Å². The van der Waals surface area contributed by atoms with Gasteiger partial charge in [0.05, 0.1) is 5.56 Å². The molecule has 0 atom stereocenters. The Kier molecular flexibility index (Phi) is 3.92. The van der Waals surface area contributed by atoms with Crippen molar-refractivity contribution in [3.63, 3.8) is 0 Å². The van der Waals surface area contributed by atoms with Crippen molar-refractivity contribution in [1.82, 2.24) is 0 Å². The third-order valence-corrected chi connectivity index (χ3v) is 2.64. The molecule has 0 saturated carbocycles. The average molecular weight is 342 g/mol. The first kappa shape index (κ1) is 13.8. The van der Waals surface area contributed by atoms with Gasteiger partial charge in [-0.15, -0.1) is 0 Å². The van der Waals surface area contributed by atoms with Crippen molar-refractivity contribution in [3.05, 3.63) is 32.9 Å². The minimum absolute atomic E-state index is 0.00664. The zero-order valence-electron chi connectivity index (χ0n) is 9.45. The van der Waals surface area contributed by atoms with Gasteiger partial charge in [0, 0.05) is 3.57 Å². The molecule has 0 aliphatic rings. The van der Waals surface area contributed by atoms with E-state index in [0.717, 1.165) is 5.56 Å². The van der Waals surface area contributed by atoms with Crippen LogP contribution in [0.25, 0.3) is 0 Å². The van der Waals surface area contributed by atoms with Crippen molar-refractivity contribution in [1.29, 1.82) is 0 Å². The summed E-state index contributed by atoms with van der Waals surface area (Å²) in [5.41, 5.74) is 0.179. The molecule has 0 aliphatic carbocycles. The average Bonchev–Trinajstić information content (AvgIpc) is 1.97. The lowest BCUT2D eigenvalue weighted by molar-refractivity contribution is -0.137. The standard InChI is InChI=1S/C12H14F3I/c1-11(2,3)7-8-4-9(12(13,14)15)6-10(16)5-8/h4-6H,7H2,1-3H3. The van der Waals surface area contributed by atoms with E-state index in [2.05, 4.69) is 0 Å². The SMILES string of the molecule is CC(C)(C)Cc1cc(I)cc(C(F)(F)F)c1. The Hall–Kier alpha value is -0.260. The van der Waals surface area contributed by atoms with Crippen LogP contribution in [0.5, 0.6) is 0 Å². The molecule has 0 fully saturated rings. The van der Waals surface area contributed by atoms with Gasteiger partial charge in [0.2, 0.25) is 0 Å². The molecular formula is C12H14F3I. The van der Waals surface area contributed by atoms with E-state index in [1.807, 2.05) is 43.4 Å². The molecule has 0 aromatic heterocycles. The van der Waals surface area contributed by atoms with E-state index in [4.69, 9.17) is 0 Å². The van der Waals surface area contributed by atoms with Crippen LogP contribution >= 0.6 is 22.6 Å². The maximum Gasteiger partial charge on any atom is 0.416 e. The predicted molar refractivity (Wildman–Crippen MR) is 67.3 cm³/mol. The molecule has 0 nitrogen and oxygen atoms in total. The summed E-state index contributed by atoms with van der Waals surface area (Å²) in [6.45, 7) is 6.04. The molecule has 90 valence electrons. The Morgan fingerprint density at radius 2 is 1.62 bits per heavy atom. The third-order valence-electron chi connectivity index (χ3n) is 2.02. The first-order chi connectivity index (χ1) is 7.08. The molecule has 0 amide bonds. The maximum absolute atomic E-state index is 12.6. The molecule has 0 heterocycles. The first-order valence-corrected chi connectivity index (χ1v) is 6.02. The Labute approximate surface area is 107 Å². The summed E-state index contributed by atoms with van der Waals surface area (Å²) in [6.07, 6.45) is -3.61. The van der Waals surface area contributed by atoms with Gasteiger partial charge in [-0.2, -0.15) is 13.2 Å². The van der Waals surface area contributed by atoms with E-state index in [0.29, 0.717) is 9.99 Å². The van der Waals surface area contributed by atoms with E-state index < -0.39 is 11.7 Å². The van der Waals surface area contributed by atoms with Gasteiger partial charge in [0.15, 0.2) is 0 Å². The largest absolute Gasteiger partial charge is 0.416 e. The highest BCUT2D eigenvalue weighted by Gasteiger charge is 2.31. The van der Waals surface area contributed by atoms with Gasteiger partial charge in [-0.1, -0.05) is 20.8 Å². The number of alkyl halides is 3. The van der Waals surface area contributed by atoms with Gasteiger partial charge < -0.3 is 0 Å². The first-order valence-electron chi connectivity index (χ1n) is 4.95. The van der Waals surface area contributed by atoms with Crippen LogP contribution in [0, 0.1) is 8.99 Å². The third kappa shape index (κ3) is 4.31. The molecule has 0 unspecified atom stereocenters. The molecule has 0 spiro atoms. The molecule has 1 aromatic carbocycles. The Balaban J connectivity index is 3.09. The van der Waals surface area contributed by atoms with E-state index in [1.165, 1.54) is 12.1 Å². The lowest BCUT2D eigenvalue weighted by Gasteiger charge is -2.19. The molecule has 4 heteroatoms. The highest BCUT2D eigenvalue weighted by atomic mass is 127. The molecule has 0 aliphatic heterocycles. The van der Waals surface area contributed by atoms with E-state index in [-0.39, 0.29) is 5.41 Å². The van der Waals surface area contributed by atoms with Crippen LogP contribution in [0.15, 0.2) is 18.2 Å². The molecule has 1 aromatic rings. The van der Waals surface area contributed by atoms with Crippen molar-refractivity contribution in [2.24, 2.45) is 5.41 Å². The number of benzene rings is 1. The second-order valence-electron chi connectivity index (χ2n) is 5.08. The van der Waals surface area contributed by atoms with Gasteiger partial charge in [0.1, 0.15) is 0 Å². The minimum atomic E-state index is -4.26. The van der Waals surface area contributed by atoms with Crippen molar-refractivity contribution in [2.75, 3.05) is 0 Å². The van der Waals surface area contributed by atoms with E-state index >= 15 is 0 Å². The summed E-state index contributed by atoms with van der Waals surface area (Å²) in [5, 5.41) is 0. The highest BCUT2D eigenvalue weighted by Crippen LogP contribution is 2.32. The summed E-state index contributed by atoms with van der Waals surface area (Å²) in [5.74, 6) is 0. The van der Waals surface area contributed by atoms with Crippen LogP contribution in [0.4, 0.5) is 13.2 Å². The van der Waals surface area contributed by atoms with E-state index in [1.54, 1.807) is 6.07 Å². The van der Waals surface area contributed by atoms with Gasteiger partial charge in [-0.05, 0) is 58.2 Å². The Bertz CT molecular complexity index is 375. The smallest absolute Gasteiger partial charge is 0.166 e. The number of rotatable bonds is 1. The molecule has 0 saturated heterocycles. The van der Waals surface area contributed by atoms with Crippen molar-refractivity contribution >= 4 is 22.6 Å². The van der Waals surface area contributed by atoms with Gasteiger partial charge >= 0.3 is 6.18 Å². The molecule has 16 heavy (non-hydrogen) atoms. The summed E-state index contributed by atoms with van der Waals surface area (Å²) >= 11 is 1.92. The lowest BCUT2D eigenvalue weighted by Crippen LogP contribution is -2.11. The van der Waals surface area contributed by atoms with Gasteiger partial charge in [-0.25, -0.2) is 0 Å². The quantitative estimate of drug-likeness (QED) is 0.637. The van der Waals surface area contributed by atoms with E-state index in [9.17, 15) is 13.2 Å². The maximum atomic E-state index is 12.6. The number of hydrogen-bond acceptors (Lipinski definition) is 0. The molecule has 0 N–H and O–H groups in total. The fourth-order valence-corrected chi connectivity index (χ4v) is 2.26. The van der Waals surface area contributed by atoms with Crippen LogP contribution in [0.2, 0.25) is 0 Å². The zero-order chi connectivity index (χ0) is 12.6. The molecule has 0 bridgehead atoms. The number of halogens is 4. The highest BCUT2D eigenvalue weighted by molar-refractivity contribution is 14.1. The van der Waals surface area contributed by atoms with Crippen molar-refractivity contribution in [3.8, 4) is 0 Å². The van der Waals surface area contributed by atoms with Crippen LogP contribution in [0.1, 0.15) is 31.9 Å². The van der Waals surface area contributed by atoms with Crippen LogP contribution < -0.4 is 0 Å². The second kappa shape index (κ2) is 4.55. The van der Waals surface area contributed by atoms with Crippen LogP contribution in [0.3, 0.4) is 0 Å². The molecule has 1 rings (SSSR count). The Morgan fingerprint density at radius 3 is 2.06 bits per heavy atom. The Morgan fingerprint density at radius 1 is 1.06 bits per heavy atom.